The summed E-state index contributed by atoms with van der Waals surface area (Å²) >= 11 is 0. The van der Waals surface area contributed by atoms with Gasteiger partial charge in [0, 0.05) is 26.7 Å². The van der Waals surface area contributed by atoms with Gasteiger partial charge in [-0.1, -0.05) is 38.1 Å². The first-order valence-corrected chi connectivity index (χ1v) is 7.70. The molecule has 0 spiro atoms. The van der Waals surface area contributed by atoms with Crippen LogP contribution in [0, 0.1) is 5.92 Å². The zero-order valence-electron chi connectivity index (χ0n) is 13.7. The Hall–Kier alpha value is -2.10. The van der Waals surface area contributed by atoms with Gasteiger partial charge in [0.05, 0.1) is 12.5 Å². The molecule has 0 radical (unpaired) electrons. The largest absolute Gasteiger partial charge is 0.345 e. The molecule has 1 aliphatic heterocycles. The number of nitrogens with zero attached hydrogens (tertiary/aromatic N) is 2. The molecule has 22 heavy (non-hydrogen) atoms. The maximum absolute atomic E-state index is 12.5. The van der Waals surface area contributed by atoms with Gasteiger partial charge >= 0.3 is 0 Å². The average Bonchev–Trinajstić information content (AvgIpc) is 2.46. The lowest BCUT2D eigenvalue weighted by molar-refractivity contribution is -0.134. The summed E-state index contributed by atoms with van der Waals surface area (Å²) in [4.78, 5) is 27.8. The van der Waals surface area contributed by atoms with Crippen LogP contribution in [-0.4, -0.2) is 35.2 Å². The minimum atomic E-state index is -0.221. The third-order valence-corrected chi connectivity index (χ3v) is 3.90. The molecule has 1 atom stereocenters. The van der Waals surface area contributed by atoms with Crippen LogP contribution in [0.2, 0.25) is 0 Å². The predicted molar refractivity (Wildman–Crippen MR) is 87.8 cm³/mol. The van der Waals surface area contributed by atoms with E-state index in [9.17, 15) is 9.59 Å². The molecule has 1 aromatic carbocycles. The molecular weight excluding hydrogens is 276 g/mol. The van der Waals surface area contributed by atoms with Crippen molar-refractivity contribution in [2.75, 3.05) is 13.6 Å². The monoisotopic (exact) mass is 300 g/mol. The summed E-state index contributed by atoms with van der Waals surface area (Å²) in [6.45, 7) is 6.44. The van der Waals surface area contributed by atoms with Crippen LogP contribution in [0.3, 0.4) is 0 Å². The van der Waals surface area contributed by atoms with Crippen molar-refractivity contribution in [1.29, 1.82) is 0 Å². The van der Waals surface area contributed by atoms with Crippen molar-refractivity contribution in [3.8, 4) is 0 Å². The molecule has 0 aromatic heterocycles. The Labute approximate surface area is 132 Å². The fraction of sp³-hybridized carbons (Fsp3) is 0.444. The molecule has 4 nitrogen and oxygen atoms in total. The number of carbonyl (C=O) groups excluding carboxylic acids is 2. The summed E-state index contributed by atoms with van der Waals surface area (Å²) in [6.07, 6.45) is 4.02. The van der Waals surface area contributed by atoms with Gasteiger partial charge in [-0.2, -0.15) is 0 Å². The second-order valence-electron chi connectivity index (χ2n) is 6.26. The molecule has 1 aliphatic rings. The van der Waals surface area contributed by atoms with Crippen molar-refractivity contribution >= 4 is 17.9 Å². The molecule has 0 fully saturated rings. The van der Waals surface area contributed by atoms with Gasteiger partial charge in [-0.15, -0.1) is 0 Å². The van der Waals surface area contributed by atoms with E-state index in [1.165, 1.54) is 6.92 Å². The molecule has 0 aliphatic carbocycles. The number of hydrogen-bond acceptors (Lipinski definition) is 2. The van der Waals surface area contributed by atoms with Crippen LogP contribution in [0.15, 0.2) is 30.5 Å². The van der Waals surface area contributed by atoms with E-state index in [0.29, 0.717) is 12.3 Å². The summed E-state index contributed by atoms with van der Waals surface area (Å²) in [6, 6.07) is 7.70. The molecule has 1 aromatic rings. The third kappa shape index (κ3) is 3.56. The second kappa shape index (κ2) is 6.77. The molecule has 0 saturated carbocycles. The fourth-order valence-corrected chi connectivity index (χ4v) is 2.88. The number of fused-ring (bicyclic) bond motifs is 1. The van der Waals surface area contributed by atoms with Gasteiger partial charge in [-0.25, -0.2) is 0 Å². The van der Waals surface area contributed by atoms with E-state index >= 15 is 0 Å². The molecular formula is C18H24N2O2. The van der Waals surface area contributed by atoms with Crippen LogP contribution in [0.4, 0.5) is 0 Å². The third-order valence-electron chi connectivity index (χ3n) is 3.90. The summed E-state index contributed by atoms with van der Waals surface area (Å²) in [5.74, 6) is 0.446. The van der Waals surface area contributed by atoms with Crippen molar-refractivity contribution in [3.05, 3.63) is 41.6 Å². The lowest BCUT2D eigenvalue weighted by Crippen LogP contribution is -2.37. The molecule has 0 N–H and O–H groups in total. The first-order chi connectivity index (χ1) is 10.4. The number of rotatable bonds is 4. The number of carbonyl (C=O) groups is 2. The van der Waals surface area contributed by atoms with Crippen molar-refractivity contribution in [2.24, 2.45) is 5.92 Å². The van der Waals surface area contributed by atoms with Crippen molar-refractivity contribution < 1.29 is 9.59 Å². The van der Waals surface area contributed by atoms with Gasteiger partial charge in [0.1, 0.15) is 0 Å². The number of hydrogen-bond donors (Lipinski definition) is 0. The summed E-state index contributed by atoms with van der Waals surface area (Å²) in [7, 11) is 1.82. The minimum Gasteiger partial charge on any atom is -0.345 e. The summed E-state index contributed by atoms with van der Waals surface area (Å²) < 4.78 is 0. The molecule has 0 saturated heterocycles. The van der Waals surface area contributed by atoms with Crippen LogP contribution in [0.5, 0.6) is 0 Å². The zero-order valence-corrected chi connectivity index (χ0v) is 13.7. The minimum absolute atomic E-state index is 0.0462. The van der Waals surface area contributed by atoms with Crippen LogP contribution < -0.4 is 0 Å². The maximum atomic E-state index is 12.5. The van der Waals surface area contributed by atoms with Gasteiger partial charge in [0.25, 0.3) is 0 Å². The Bertz CT molecular complexity index is 593. The van der Waals surface area contributed by atoms with E-state index in [1.807, 2.05) is 37.4 Å². The highest BCUT2D eigenvalue weighted by Gasteiger charge is 2.29. The quantitative estimate of drug-likeness (QED) is 0.857. The van der Waals surface area contributed by atoms with E-state index < -0.39 is 0 Å². The van der Waals surface area contributed by atoms with E-state index in [2.05, 4.69) is 13.8 Å². The van der Waals surface area contributed by atoms with Crippen molar-refractivity contribution in [1.82, 2.24) is 9.80 Å². The van der Waals surface area contributed by atoms with Gasteiger partial charge in [-0.05, 0) is 23.1 Å². The number of amides is 2. The topological polar surface area (TPSA) is 40.6 Å². The maximum Gasteiger partial charge on any atom is 0.224 e. The predicted octanol–water partition coefficient (Wildman–Crippen LogP) is 3.07. The molecule has 2 rings (SSSR count). The number of benzene rings is 1. The summed E-state index contributed by atoms with van der Waals surface area (Å²) in [5, 5.41) is 0. The highest BCUT2D eigenvalue weighted by atomic mass is 16.2. The zero-order chi connectivity index (χ0) is 16.3. The van der Waals surface area contributed by atoms with Crippen LogP contribution in [0.25, 0.3) is 6.08 Å². The molecule has 1 heterocycles. The second-order valence-corrected chi connectivity index (χ2v) is 6.26. The highest BCUT2D eigenvalue weighted by molar-refractivity contribution is 5.81. The smallest absolute Gasteiger partial charge is 0.224 e. The van der Waals surface area contributed by atoms with Gasteiger partial charge < -0.3 is 9.80 Å². The molecule has 1 unspecified atom stereocenters. The average molecular weight is 300 g/mol. The lowest BCUT2D eigenvalue weighted by Gasteiger charge is -2.33. The highest BCUT2D eigenvalue weighted by Crippen LogP contribution is 2.33. The van der Waals surface area contributed by atoms with Gasteiger partial charge in [0.15, 0.2) is 0 Å². The van der Waals surface area contributed by atoms with E-state index in [0.717, 1.165) is 17.7 Å². The van der Waals surface area contributed by atoms with E-state index in [1.54, 1.807) is 16.0 Å². The Morgan fingerprint density at radius 2 is 1.95 bits per heavy atom. The Morgan fingerprint density at radius 3 is 2.59 bits per heavy atom. The SMILES string of the molecule is CC(=O)N1C=Cc2ccccc2C1CC(=O)N(C)CC(C)C. The molecule has 0 bridgehead atoms. The normalized spacial score (nSPS) is 16.6. The first kappa shape index (κ1) is 16.3. The van der Waals surface area contributed by atoms with Crippen molar-refractivity contribution in [2.45, 2.75) is 33.2 Å². The van der Waals surface area contributed by atoms with E-state index in [4.69, 9.17) is 0 Å². The van der Waals surface area contributed by atoms with Crippen molar-refractivity contribution in [3.63, 3.8) is 0 Å². The molecule has 4 heteroatoms. The Balaban J connectivity index is 2.23. The van der Waals surface area contributed by atoms with Crippen LogP contribution in [-0.2, 0) is 9.59 Å². The van der Waals surface area contributed by atoms with Gasteiger partial charge in [0.2, 0.25) is 11.8 Å². The molecule has 2 amide bonds. The fourth-order valence-electron chi connectivity index (χ4n) is 2.88. The van der Waals surface area contributed by atoms with Crippen LogP contribution in [0.1, 0.15) is 44.4 Å². The molecule has 118 valence electrons. The van der Waals surface area contributed by atoms with E-state index in [-0.39, 0.29) is 17.9 Å². The van der Waals surface area contributed by atoms with Gasteiger partial charge in [-0.3, -0.25) is 9.59 Å². The Morgan fingerprint density at radius 1 is 1.27 bits per heavy atom. The summed E-state index contributed by atoms with van der Waals surface area (Å²) in [5.41, 5.74) is 2.11. The lowest BCUT2D eigenvalue weighted by atomic mass is 9.93. The van der Waals surface area contributed by atoms with Crippen LogP contribution >= 0.6 is 0 Å². The first-order valence-electron chi connectivity index (χ1n) is 7.70. The Kier molecular flexibility index (Phi) is 5.01. The standard InChI is InChI=1S/C18H24N2O2/c1-13(2)12-19(4)18(22)11-17-16-8-6-5-7-15(16)9-10-20(17)14(3)21/h5-10,13,17H,11-12H2,1-4H3.